The molecule has 4 rings (SSSR count). The Balaban J connectivity index is 1.63. The van der Waals surface area contributed by atoms with Crippen molar-refractivity contribution < 1.29 is 18.3 Å². The van der Waals surface area contributed by atoms with Gasteiger partial charge in [-0.2, -0.15) is 4.31 Å². The van der Waals surface area contributed by atoms with E-state index in [1.54, 1.807) is 19.2 Å². The zero-order valence-corrected chi connectivity index (χ0v) is 19.1. The zero-order valence-electron chi connectivity index (χ0n) is 18.2. The van der Waals surface area contributed by atoms with E-state index in [0.29, 0.717) is 23.6 Å². The maximum atomic E-state index is 13.2. The highest BCUT2D eigenvalue weighted by atomic mass is 32.2. The second kappa shape index (κ2) is 7.21. The summed E-state index contributed by atoms with van der Waals surface area (Å²) < 4.78 is 27.6. The van der Waals surface area contributed by atoms with Crippen molar-refractivity contribution in [3.05, 3.63) is 23.8 Å². The van der Waals surface area contributed by atoms with Gasteiger partial charge in [0, 0.05) is 31.7 Å². The summed E-state index contributed by atoms with van der Waals surface area (Å²) in [5.41, 5.74) is 0.901. The van der Waals surface area contributed by atoms with Crippen molar-refractivity contribution in [2.24, 2.45) is 16.7 Å². The standard InChI is InChI=1S/C22H33N3O4S/c1-21(2)15-7-9-22(3,12-15)20(21)24-19(27)14-5-6-17(23-4)18(11-14)30(28,29)25-10-8-16(26)13-25/h5-6,11,15-16,20,23,26H,7-10,12-13H2,1-4H3,(H,24,27)/t15-,16-,20?,22?/m1/s1. The molecule has 1 aliphatic heterocycles. The first-order chi connectivity index (χ1) is 14.0. The van der Waals surface area contributed by atoms with Crippen LogP contribution in [0.15, 0.2) is 23.1 Å². The summed E-state index contributed by atoms with van der Waals surface area (Å²) in [6, 6.07) is 4.83. The van der Waals surface area contributed by atoms with Crippen molar-refractivity contribution in [1.29, 1.82) is 0 Å². The first kappa shape index (κ1) is 21.6. The minimum atomic E-state index is -3.81. The summed E-state index contributed by atoms with van der Waals surface area (Å²) in [6.45, 7) is 7.07. The molecule has 8 heteroatoms. The predicted molar refractivity (Wildman–Crippen MR) is 116 cm³/mol. The van der Waals surface area contributed by atoms with Gasteiger partial charge in [-0.25, -0.2) is 8.42 Å². The molecule has 7 nitrogen and oxygen atoms in total. The third kappa shape index (κ3) is 3.33. The number of sulfonamides is 1. The van der Waals surface area contributed by atoms with Crippen LogP contribution in [0.5, 0.6) is 0 Å². The monoisotopic (exact) mass is 435 g/mol. The lowest BCUT2D eigenvalue weighted by Crippen LogP contribution is -2.52. The van der Waals surface area contributed by atoms with Gasteiger partial charge in [-0.1, -0.05) is 20.8 Å². The van der Waals surface area contributed by atoms with Crippen LogP contribution in [0.2, 0.25) is 0 Å². The van der Waals surface area contributed by atoms with Crippen molar-refractivity contribution in [2.45, 2.75) is 63.5 Å². The number of hydrogen-bond donors (Lipinski definition) is 3. The molecule has 2 bridgehead atoms. The number of carbonyl (C=O) groups is 1. The fraction of sp³-hybridized carbons (Fsp3) is 0.682. The van der Waals surface area contributed by atoms with E-state index in [1.165, 1.54) is 16.8 Å². The number of β-amino-alcohol motifs (C(OH)–C–C–N with tert-alkyl or cyclic N) is 1. The van der Waals surface area contributed by atoms with Crippen LogP contribution in [0.3, 0.4) is 0 Å². The van der Waals surface area contributed by atoms with E-state index < -0.39 is 16.1 Å². The fourth-order valence-electron chi connectivity index (χ4n) is 6.03. The molecule has 1 aromatic carbocycles. The van der Waals surface area contributed by atoms with E-state index in [0.717, 1.165) is 12.8 Å². The smallest absolute Gasteiger partial charge is 0.251 e. The van der Waals surface area contributed by atoms with Crippen molar-refractivity contribution in [2.75, 3.05) is 25.5 Å². The molecule has 1 aromatic rings. The summed E-state index contributed by atoms with van der Waals surface area (Å²) in [5.74, 6) is 0.374. The lowest BCUT2D eigenvalue weighted by molar-refractivity contribution is 0.0737. The van der Waals surface area contributed by atoms with Crippen LogP contribution >= 0.6 is 0 Å². The van der Waals surface area contributed by atoms with Gasteiger partial charge in [0.2, 0.25) is 10.0 Å². The van der Waals surface area contributed by atoms with Crippen LogP contribution in [0, 0.1) is 16.7 Å². The topological polar surface area (TPSA) is 98.7 Å². The molecule has 0 spiro atoms. The molecule has 0 aromatic heterocycles. The molecule has 30 heavy (non-hydrogen) atoms. The Bertz CT molecular complexity index is 956. The number of hydrogen-bond acceptors (Lipinski definition) is 5. The molecule has 166 valence electrons. The summed E-state index contributed by atoms with van der Waals surface area (Å²) >= 11 is 0. The van der Waals surface area contributed by atoms with Gasteiger partial charge in [-0.3, -0.25) is 4.79 Å². The molecular weight excluding hydrogens is 402 g/mol. The Morgan fingerprint density at radius 2 is 1.97 bits per heavy atom. The first-order valence-electron chi connectivity index (χ1n) is 10.8. The Morgan fingerprint density at radius 3 is 2.53 bits per heavy atom. The molecule has 4 atom stereocenters. The van der Waals surface area contributed by atoms with Crippen molar-refractivity contribution in [3.63, 3.8) is 0 Å². The Morgan fingerprint density at radius 1 is 1.23 bits per heavy atom. The van der Waals surface area contributed by atoms with Gasteiger partial charge in [0.05, 0.1) is 11.8 Å². The summed E-state index contributed by atoms with van der Waals surface area (Å²) in [5, 5.41) is 15.9. The number of aliphatic hydroxyl groups is 1. The van der Waals surface area contributed by atoms with Crippen LogP contribution in [0.1, 0.15) is 56.8 Å². The van der Waals surface area contributed by atoms with Gasteiger partial charge in [0.25, 0.3) is 5.91 Å². The summed E-state index contributed by atoms with van der Waals surface area (Å²) in [6.07, 6.45) is 3.22. The third-order valence-electron chi connectivity index (χ3n) is 7.80. The van der Waals surface area contributed by atoms with Gasteiger partial charge in [0.15, 0.2) is 0 Å². The van der Waals surface area contributed by atoms with E-state index in [9.17, 15) is 18.3 Å². The highest BCUT2D eigenvalue weighted by molar-refractivity contribution is 7.89. The van der Waals surface area contributed by atoms with E-state index in [2.05, 4.69) is 31.4 Å². The maximum Gasteiger partial charge on any atom is 0.251 e. The van der Waals surface area contributed by atoms with E-state index in [-0.39, 0.29) is 40.8 Å². The van der Waals surface area contributed by atoms with Gasteiger partial charge < -0.3 is 15.7 Å². The SMILES string of the molecule is CNc1ccc(C(=O)NC2C3(C)CC[C@H](C3)C2(C)C)cc1S(=O)(=O)N1CC[C@@H](O)C1. The minimum Gasteiger partial charge on any atom is -0.392 e. The summed E-state index contributed by atoms with van der Waals surface area (Å²) in [4.78, 5) is 13.3. The molecule has 1 heterocycles. The number of aliphatic hydroxyl groups excluding tert-OH is 1. The lowest BCUT2D eigenvalue weighted by atomic mass is 9.68. The van der Waals surface area contributed by atoms with E-state index in [4.69, 9.17) is 0 Å². The second-order valence-electron chi connectivity index (χ2n) is 10.1. The quantitative estimate of drug-likeness (QED) is 0.660. The van der Waals surface area contributed by atoms with Crippen LogP contribution in [-0.2, 0) is 10.0 Å². The van der Waals surface area contributed by atoms with Crippen LogP contribution in [0.4, 0.5) is 5.69 Å². The number of benzene rings is 1. The van der Waals surface area contributed by atoms with Gasteiger partial charge in [0.1, 0.15) is 4.90 Å². The van der Waals surface area contributed by atoms with Crippen LogP contribution in [0.25, 0.3) is 0 Å². The van der Waals surface area contributed by atoms with Crippen molar-refractivity contribution in [3.8, 4) is 0 Å². The number of anilines is 1. The molecule has 3 aliphatic rings. The lowest BCUT2D eigenvalue weighted by Gasteiger charge is -2.43. The zero-order chi connectivity index (χ0) is 21.9. The number of fused-ring (bicyclic) bond motifs is 2. The molecule has 0 radical (unpaired) electrons. The van der Waals surface area contributed by atoms with Gasteiger partial charge in [-0.15, -0.1) is 0 Å². The van der Waals surface area contributed by atoms with Crippen molar-refractivity contribution in [1.82, 2.24) is 9.62 Å². The van der Waals surface area contributed by atoms with Crippen LogP contribution < -0.4 is 10.6 Å². The maximum absolute atomic E-state index is 13.2. The number of amides is 1. The molecule has 1 saturated heterocycles. The highest BCUT2D eigenvalue weighted by Gasteiger charge is 2.59. The third-order valence-corrected chi connectivity index (χ3v) is 9.71. The average molecular weight is 436 g/mol. The largest absolute Gasteiger partial charge is 0.392 e. The first-order valence-corrected chi connectivity index (χ1v) is 12.2. The normalized spacial score (nSPS) is 33.0. The van der Waals surface area contributed by atoms with Gasteiger partial charge in [-0.05, 0) is 60.6 Å². The van der Waals surface area contributed by atoms with Crippen LogP contribution in [-0.4, -0.2) is 56.0 Å². The van der Waals surface area contributed by atoms with Gasteiger partial charge >= 0.3 is 0 Å². The second-order valence-corrected chi connectivity index (χ2v) is 12.0. The fourth-order valence-corrected chi connectivity index (χ4v) is 7.74. The summed E-state index contributed by atoms with van der Waals surface area (Å²) in [7, 11) is -2.15. The molecule has 2 aliphatic carbocycles. The molecular formula is C22H33N3O4S. The number of nitrogens with zero attached hydrogens (tertiary/aromatic N) is 1. The van der Waals surface area contributed by atoms with E-state index >= 15 is 0 Å². The molecule has 3 N–H and O–H groups in total. The van der Waals surface area contributed by atoms with E-state index in [1.807, 2.05) is 0 Å². The molecule has 2 unspecified atom stereocenters. The predicted octanol–water partition coefficient (Wildman–Crippen LogP) is 2.43. The van der Waals surface area contributed by atoms with Crippen molar-refractivity contribution >= 4 is 21.6 Å². The Hall–Kier alpha value is -1.64. The average Bonchev–Trinajstić information content (AvgIpc) is 3.36. The number of rotatable bonds is 5. The Kier molecular flexibility index (Phi) is 5.19. The number of nitrogens with one attached hydrogen (secondary N) is 2. The minimum absolute atomic E-state index is 0.0220. The number of carbonyl (C=O) groups excluding carboxylic acids is 1. The molecule has 3 fully saturated rings. The Labute approximate surface area is 179 Å². The highest BCUT2D eigenvalue weighted by Crippen LogP contribution is 2.62. The molecule has 1 amide bonds. The molecule has 2 saturated carbocycles.